The first-order valence-corrected chi connectivity index (χ1v) is 21.5. The maximum atomic E-state index is 12.5. The lowest BCUT2D eigenvalue weighted by Crippen LogP contribution is -2.54. The van der Waals surface area contributed by atoms with Crippen molar-refractivity contribution in [1.82, 2.24) is 4.98 Å². The number of carbonyl (C=O) groups excluding carboxylic acids is 2. The minimum Gasteiger partial charge on any atom is -0.519 e. The van der Waals surface area contributed by atoms with Crippen LogP contribution in [-0.4, -0.2) is 60.4 Å². The van der Waals surface area contributed by atoms with Crippen molar-refractivity contribution in [3.63, 3.8) is 0 Å². The van der Waals surface area contributed by atoms with Crippen LogP contribution >= 0.6 is 21.6 Å². The summed E-state index contributed by atoms with van der Waals surface area (Å²) >= 11 is 0. The summed E-state index contributed by atoms with van der Waals surface area (Å²) in [7, 11) is -2.46. The SMILES string of the molecule is C[Si](C)(C)NC(CSSCC(N)C(=O)O[Si](C)(C)C)C(=O)O[Si](C)(C)C. The molecule has 0 saturated carbocycles. The molecule has 26 heavy (non-hydrogen) atoms. The van der Waals surface area contributed by atoms with E-state index in [1.807, 2.05) is 39.3 Å². The Kier molecular flexibility index (Phi) is 10.8. The molecule has 6 nitrogen and oxygen atoms in total. The molecule has 0 aliphatic heterocycles. The van der Waals surface area contributed by atoms with Gasteiger partial charge in [0.05, 0.1) is 0 Å². The van der Waals surface area contributed by atoms with Gasteiger partial charge in [-0.15, -0.1) is 0 Å². The number of nitrogens with one attached hydrogen (secondary N) is 1. The van der Waals surface area contributed by atoms with Crippen molar-refractivity contribution in [2.75, 3.05) is 11.5 Å². The van der Waals surface area contributed by atoms with E-state index in [1.165, 1.54) is 21.6 Å². The van der Waals surface area contributed by atoms with E-state index in [4.69, 9.17) is 14.6 Å². The zero-order chi connectivity index (χ0) is 20.8. The van der Waals surface area contributed by atoms with Crippen LogP contribution in [0.2, 0.25) is 58.9 Å². The molecular weight excluding hydrogens is 421 g/mol. The van der Waals surface area contributed by atoms with E-state index >= 15 is 0 Å². The summed E-state index contributed by atoms with van der Waals surface area (Å²) in [6.45, 7) is 18.3. The maximum Gasteiger partial charge on any atom is 0.310 e. The quantitative estimate of drug-likeness (QED) is 0.278. The predicted molar refractivity (Wildman–Crippen MR) is 122 cm³/mol. The zero-order valence-corrected chi connectivity index (χ0v) is 22.2. The maximum absolute atomic E-state index is 12.5. The van der Waals surface area contributed by atoms with Crippen molar-refractivity contribution in [1.29, 1.82) is 0 Å². The number of hydrogen-bond acceptors (Lipinski definition) is 8. The third kappa shape index (κ3) is 14.3. The van der Waals surface area contributed by atoms with E-state index < -0.39 is 30.9 Å². The molecule has 3 N–H and O–H groups in total. The summed E-state index contributed by atoms with van der Waals surface area (Å²) in [6, 6.07) is -0.979. The van der Waals surface area contributed by atoms with Crippen LogP contribution in [0, 0.1) is 0 Å². The number of carbonyl (C=O) groups is 2. The molecule has 0 aliphatic rings. The molecule has 154 valence electrons. The fourth-order valence-corrected chi connectivity index (χ4v) is 6.92. The van der Waals surface area contributed by atoms with E-state index in [0.717, 1.165) is 0 Å². The Bertz CT molecular complexity index is 477. The molecule has 0 radical (unpaired) electrons. The second kappa shape index (κ2) is 10.7. The van der Waals surface area contributed by atoms with Crippen molar-refractivity contribution in [2.24, 2.45) is 5.73 Å². The van der Waals surface area contributed by atoms with Gasteiger partial charge in [-0.05, 0) is 39.3 Å². The van der Waals surface area contributed by atoms with Gasteiger partial charge in [-0.2, -0.15) is 0 Å². The first-order chi connectivity index (χ1) is 11.5. The average Bonchev–Trinajstić information content (AvgIpc) is 2.36. The lowest BCUT2D eigenvalue weighted by Gasteiger charge is -2.28. The highest BCUT2D eigenvalue weighted by Gasteiger charge is 2.30. The van der Waals surface area contributed by atoms with Crippen LogP contribution in [0.25, 0.3) is 0 Å². The first-order valence-electron chi connectivity index (χ1n) is 8.73. The molecule has 0 heterocycles. The van der Waals surface area contributed by atoms with Gasteiger partial charge in [-0.1, -0.05) is 41.2 Å². The molecule has 0 aromatic heterocycles. The van der Waals surface area contributed by atoms with Gasteiger partial charge in [0.1, 0.15) is 20.3 Å². The van der Waals surface area contributed by atoms with Crippen molar-refractivity contribution < 1.29 is 18.4 Å². The van der Waals surface area contributed by atoms with Crippen LogP contribution in [0.5, 0.6) is 0 Å². The summed E-state index contributed by atoms with van der Waals surface area (Å²) in [5, 5.41) is 0. The summed E-state index contributed by atoms with van der Waals surface area (Å²) in [6.07, 6.45) is 0. The minimum absolute atomic E-state index is 0.179. The number of nitrogens with two attached hydrogens (primary N) is 1. The molecule has 0 saturated heterocycles. The molecule has 11 heteroatoms. The fourth-order valence-electron chi connectivity index (χ4n) is 1.75. The third-order valence-electron chi connectivity index (χ3n) is 2.57. The highest BCUT2D eigenvalue weighted by Crippen LogP contribution is 2.24. The Balaban J connectivity index is 4.53. The second-order valence-corrected chi connectivity index (χ2v) is 25.4. The molecule has 2 atom stereocenters. The lowest BCUT2D eigenvalue weighted by atomic mass is 10.4. The van der Waals surface area contributed by atoms with E-state index in [2.05, 4.69) is 24.6 Å². The van der Waals surface area contributed by atoms with E-state index in [0.29, 0.717) is 11.5 Å². The summed E-state index contributed by atoms with van der Waals surface area (Å²) in [5.74, 6) is 0.513. The lowest BCUT2D eigenvalue weighted by molar-refractivity contribution is -0.137. The topological polar surface area (TPSA) is 90.6 Å². The van der Waals surface area contributed by atoms with E-state index in [-0.39, 0.29) is 18.0 Å². The van der Waals surface area contributed by atoms with Gasteiger partial charge in [0.15, 0.2) is 0 Å². The van der Waals surface area contributed by atoms with Crippen molar-refractivity contribution >= 4 is 58.4 Å². The zero-order valence-electron chi connectivity index (χ0n) is 17.6. The van der Waals surface area contributed by atoms with Crippen LogP contribution in [0.1, 0.15) is 0 Å². The van der Waals surface area contributed by atoms with Crippen molar-refractivity contribution in [2.45, 2.75) is 71.0 Å². The third-order valence-corrected chi connectivity index (χ3v) is 7.86. The summed E-state index contributed by atoms with van der Waals surface area (Å²) in [4.78, 5) is 27.9. The van der Waals surface area contributed by atoms with Gasteiger partial charge >= 0.3 is 11.9 Å². The van der Waals surface area contributed by atoms with Crippen LogP contribution in [-0.2, 0) is 18.4 Å². The normalized spacial score (nSPS) is 15.3. The largest absolute Gasteiger partial charge is 0.519 e. The molecule has 0 fully saturated rings. The monoisotopic (exact) mass is 456 g/mol. The Labute approximate surface area is 169 Å². The van der Waals surface area contributed by atoms with Gasteiger partial charge in [-0.3, -0.25) is 9.59 Å². The second-order valence-electron chi connectivity index (χ2n) is 9.19. The van der Waals surface area contributed by atoms with Crippen LogP contribution in [0.15, 0.2) is 0 Å². The molecule has 2 unspecified atom stereocenters. The fraction of sp³-hybridized carbons (Fsp3) is 0.867. The van der Waals surface area contributed by atoms with Gasteiger partial charge in [-0.25, -0.2) is 0 Å². The molecule has 0 aliphatic carbocycles. The predicted octanol–water partition coefficient (Wildman–Crippen LogP) is 3.24. The number of rotatable bonds is 11. The molecule has 0 spiro atoms. The first kappa shape index (κ1) is 26.2. The van der Waals surface area contributed by atoms with Crippen LogP contribution < -0.4 is 10.7 Å². The van der Waals surface area contributed by atoms with E-state index in [9.17, 15) is 9.59 Å². The minimum atomic E-state index is -1.93. The summed E-state index contributed by atoms with van der Waals surface area (Å²) in [5.41, 5.74) is 5.90. The Morgan fingerprint density at radius 2 is 1.27 bits per heavy atom. The highest BCUT2D eigenvalue weighted by atomic mass is 33.1. The molecule has 0 aromatic rings. The standard InChI is InChI=1S/C15H36N2O4S2Si3/c1-24(2,3)17-13(15(19)21-26(7,8)9)11-23-22-10-12(16)14(18)20-25(4,5)6/h12-13,17H,10-11,16H2,1-9H3. The van der Waals surface area contributed by atoms with Crippen molar-refractivity contribution in [3.8, 4) is 0 Å². The summed E-state index contributed by atoms with van der Waals surface area (Å²) < 4.78 is 11.1. The molecule has 0 rings (SSSR count). The molecule has 0 bridgehead atoms. The van der Waals surface area contributed by atoms with Gasteiger partial charge in [0.2, 0.25) is 16.6 Å². The molecule has 0 aromatic carbocycles. The van der Waals surface area contributed by atoms with Gasteiger partial charge < -0.3 is 19.6 Å². The van der Waals surface area contributed by atoms with Gasteiger partial charge in [0.25, 0.3) is 0 Å². The molecular formula is C15H36N2O4S2Si3. The Hall–Kier alpha value is 0.211. The smallest absolute Gasteiger partial charge is 0.310 e. The van der Waals surface area contributed by atoms with Crippen molar-refractivity contribution in [3.05, 3.63) is 0 Å². The Morgan fingerprint density at radius 3 is 1.69 bits per heavy atom. The Morgan fingerprint density at radius 1 is 0.846 bits per heavy atom. The van der Waals surface area contributed by atoms with Crippen LogP contribution in [0.4, 0.5) is 0 Å². The van der Waals surface area contributed by atoms with Gasteiger partial charge in [0, 0.05) is 11.5 Å². The average molecular weight is 457 g/mol. The molecule has 0 amide bonds. The number of hydrogen-bond donors (Lipinski definition) is 2. The highest BCUT2D eigenvalue weighted by molar-refractivity contribution is 8.76. The van der Waals surface area contributed by atoms with Crippen LogP contribution in [0.3, 0.4) is 0 Å². The van der Waals surface area contributed by atoms with E-state index in [1.54, 1.807) is 0 Å².